The number of aryl methyl sites for hydroxylation is 1. The van der Waals surface area contributed by atoms with Crippen LogP contribution in [-0.2, 0) is 0 Å². The van der Waals surface area contributed by atoms with E-state index in [0.29, 0.717) is 23.6 Å². The van der Waals surface area contributed by atoms with Gasteiger partial charge in [-0.05, 0) is 54.8 Å². The number of nitrogens with one attached hydrogen (secondary N) is 1. The van der Waals surface area contributed by atoms with Crippen LogP contribution < -0.4 is 14.8 Å². The Morgan fingerprint density at radius 1 is 1.12 bits per heavy atom. The van der Waals surface area contributed by atoms with E-state index in [0.717, 1.165) is 16.7 Å². The summed E-state index contributed by atoms with van der Waals surface area (Å²) in [6.07, 6.45) is -0.643. The van der Waals surface area contributed by atoms with Gasteiger partial charge in [0.1, 0.15) is 0 Å². The fraction of sp³-hybridized carbons (Fsp3) is 0.350. The summed E-state index contributed by atoms with van der Waals surface area (Å²) in [4.78, 5) is 0. The smallest absolute Gasteiger partial charge is 0.161 e. The number of methoxy groups -OCH3 is 2. The van der Waals surface area contributed by atoms with Crippen LogP contribution in [0.3, 0.4) is 0 Å². The largest absolute Gasteiger partial charge is 0.493 e. The van der Waals surface area contributed by atoms with E-state index in [9.17, 15) is 5.11 Å². The molecular formula is C20H24N2O3. The first-order valence-electron chi connectivity index (χ1n) is 8.14. The van der Waals surface area contributed by atoms with Crippen LogP contribution in [0.2, 0.25) is 0 Å². The quantitative estimate of drug-likeness (QED) is 0.809. The number of hydrogen-bond donors (Lipinski definition) is 2. The van der Waals surface area contributed by atoms with E-state index in [4.69, 9.17) is 14.7 Å². The number of rotatable bonds is 7. The summed E-state index contributed by atoms with van der Waals surface area (Å²) in [6.45, 7) is 4.47. The summed E-state index contributed by atoms with van der Waals surface area (Å²) < 4.78 is 10.7. The van der Waals surface area contributed by atoms with Crippen LogP contribution in [0, 0.1) is 18.3 Å². The number of benzene rings is 2. The van der Waals surface area contributed by atoms with Crippen molar-refractivity contribution in [1.82, 2.24) is 5.32 Å². The topological polar surface area (TPSA) is 74.5 Å². The van der Waals surface area contributed by atoms with Crippen molar-refractivity contribution in [3.8, 4) is 17.6 Å². The van der Waals surface area contributed by atoms with Gasteiger partial charge >= 0.3 is 0 Å². The highest BCUT2D eigenvalue weighted by molar-refractivity contribution is 5.48. The van der Waals surface area contributed by atoms with E-state index in [1.807, 2.05) is 26.0 Å². The number of aliphatic hydroxyl groups excluding tert-OH is 1. The first-order valence-corrected chi connectivity index (χ1v) is 8.14. The van der Waals surface area contributed by atoms with Crippen molar-refractivity contribution in [1.29, 1.82) is 5.26 Å². The molecule has 132 valence electrons. The summed E-state index contributed by atoms with van der Waals surface area (Å²) in [6, 6.07) is 13.0. The maximum atomic E-state index is 10.3. The minimum Gasteiger partial charge on any atom is -0.493 e. The lowest BCUT2D eigenvalue weighted by atomic mass is 10.0. The highest BCUT2D eigenvalue weighted by Crippen LogP contribution is 2.33. The molecule has 0 amide bonds. The van der Waals surface area contributed by atoms with Crippen LogP contribution in [0.4, 0.5) is 0 Å². The van der Waals surface area contributed by atoms with Gasteiger partial charge in [-0.3, -0.25) is 0 Å². The Kier molecular flexibility index (Phi) is 6.40. The summed E-state index contributed by atoms with van der Waals surface area (Å²) in [5.41, 5.74) is 3.54. The zero-order valence-corrected chi connectivity index (χ0v) is 15.0. The maximum absolute atomic E-state index is 10.3. The van der Waals surface area contributed by atoms with Crippen LogP contribution in [0.5, 0.6) is 11.5 Å². The van der Waals surface area contributed by atoms with Crippen molar-refractivity contribution >= 4 is 0 Å². The molecule has 0 saturated carbocycles. The van der Waals surface area contributed by atoms with Gasteiger partial charge in [-0.2, -0.15) is 5.26 Å². The molecule has 2 unspecified atom stereocenters. The number of nitriles is 1. The van der Waals surface area contributed by atoms with E-state index in [-0.39, 0.29) is 6.04 Å². The summed E-state index contributed by atoms with van der Waals surface area (Å²) >= 11 is 0. The van der Waals surface area contributed by atoms with E-state index in [1.165, 1.54) is 0 Å². The second-order valence-corrected chi connectivity index (χ2v) is 5.94. The summed E-state index contributed by atoms with van der Waals surface area (Å²) in [5.74, 6) is 1.39. The Hall–Kier alpha value is -2.55. The molecule has 5 nitrogen and oxygen atoms in total. The van der Waals surface area contributed by atoms with Crippen molar-refractivity contribution in [3.63, 3.8) is 0 Å². The minimum atomic E-state index is -0.643. The number of hydrogen-bond acceptors (Lipinski definition) is 5. The molecule has 0 fully saturated rings. The van der Waals surface area contributed by atoms with Crippen molar-refractivity contribution in [2.75, 3.05) is 20.8 Å². The van der Waals surface area contributed by atoms with Gasteiger partial charge in [0.05, 0.1) is 32.0 Å². The van der Waals surface area contributed by atoms with E-state index < -0.39 is 6.10 Å². The molecule has 5 heteroatoms. The van der Waals surface area contributed by atoms with Crippen LogP contribution in [0.25, 0.3) is 0 Å². The average Bonchev–Trinajstić information content (AvgIpc) is 2.65. The monoisotopic (exact) mass is 340 g/mol. The molecule has 0 spiro atoms. The maximum Gasteiger partial charge on any atom is 0.161 e. The third-order valence-electron chi connectivity index (χ3n) is 4.28. The molecule has 2 atom stereocenters. The predicted molar refractivity (Wildman–Crippen MR) is 96.8 cm³/mol. The van der Waals surface area contributed by atoms with Gasteiger partial charge in [0.15, 0.2) is 11.5 Å². The molecule has 0 heterocycles. The molecular weight excluding hydrogens is 316 g/mol. The highest BCUT2D eigenvalue weighted by atomic mass is 16.5. The minimum absolute atomic E-state index is 0.0350. The average molecular weight is 340 g/mol. The molecule has 2 rings (SSSR count). The van der Waals surface area contributed by atoms with Crippen molar-refractivity contribution in [2.24, 2.45) is 0 Å². The van der Waals surface area contributed by atoms with Crippen molar-refractivity contribution in [3.05, 3.63) is 58.7 Å². The van der Waals surface area contributed by atoms with Gasteiger partial charge in [0.25, 0.3) is 0 Å². The predicted octanol–water partition coefficient (Wildman–Crippen LogP) is 3.27. The van der Waals surface area contributed by atoms with Gasteiger partial charge in [-0.15, -0.1) is 0 Å². The standard InChI is InChI=1S/C20H24N2O3/c1-13-9-19(24-3)20(25-4)10-17(13)14(2)22-12-18(23)16-7-5-15(11-21)6-8-16/h5-10,14,18,22-23H,12H2,1-4H3. The van der Waals surface area contributed by atoms with Crippen molar-refractivity contribution < 1.29 is 14.6 Å². The zero-order chi connectivity index (χ0) is 18.4. The SMILES string of the molecule is COc1cc(C)c(C(C)NCC(O)c2ccc(C#N)cc2)cc1OC. The lowest BCUT2D eigenvalue weighted by molar-refractivity contribution is 0.170. The summed E-state index contributed by atoms with van der Waals surface area (Å²) in [7, 11) is 3.23. The Morgan fingerprint density at radius 3 is 2.28 bits per heavy atom. The van der Waals surface area contributed by atoms with Gasteiger partial charge in [0, 0.05) is 12.6 Å². The van der Waals surface area contributed by atoms with E-state index in [2.05, 4.69) is 11.4 Å². The summed E-state index contributed by atoms with van der Waals surface area (Å²) in [5, 5.41) is 22.5. The van der Waals surface area contributed by atoms with Gasteiger partial charge < -0.3 is 19.9 Å². The third kappa shape index (κ3) is 4.50. The van der Waals surface area contributed by atoms with E-state index >= 15 is 0 Å². The molecule has 2 aromatic rings. The normalized spacial score (nSPS) is 13.0. The van der Waals surface area contributed by atoms with Crippen LogP contribution in [0.15, 0.2) is 36.4 Å². The van der Waals surface area contributed by atoms with Gasteiger partial charge in [-0.25, -0.2) is 0 Å². The third-order valence-corrected chi connectivity index (χ3v) is 4.28. The molecule has 2 N–H and O–H groups in total. The lowest BCUT2D eigenvalue weighted by Gasteiger charge is -2.21. The molecule has 0 aromatic heterocycles. The Morgan fingerprint density at radius 2 is 1.72 bits per heavy atom. The lowest BCUT2D eigenvalue weighted by Crippen LogP contribution is -2.25. The Bertz CT molecular complexity index is 751. The van der Waals surface area contributed by atoms with Crippen LogP contribution in [0.1, 0.15) is 41.3 Å². The zero-order valence-electron chi connectivity index (χ0n) is 15.0. The number of ether oxygens (including phenoxy) is 2. The van der Waals surface area contributed by atoms with Gasteiger partial charge in [-0.1, -0.05) is 12.1 Å². The molecule has 0 bridgehead atoms. The highest BCUT2D eigenvalue weighted by Gasteiger charge is 2.15. The molecule has 0 radical (unpaired) electrons. The van der Waals surface area contributed by atoms with Crippen LogP contribution >= 0.6 is 0 Å². The Balaban J connectivity index is 2.06. The number of aliphatic hydroxyl groups is 1. The molecule has 0 saturated heterocycles. The fourth-order valence-corrected chi connectivity index (χ4v) is 2.76. The van der Waals surface area contributed by atoms with E-state index in [1.54, 1.807) is 38.5 Å². The molecule has 2 aromatic carbocycles. The first-order chi connectivity index (χ1) is 12.0. The van der Waals surface area contributed by atoms with Crippen LogP contribution in [-0.4, -0.2) is 25.9 Å². The molecule has 25 heavy (non-hydrogen) atoms. The van der Waals surface area contributed by atoms with Crippen molar-refractivity contribution in [2.45, 2.75) is 26.0 Å². The molecule has 0 aliphatic carbocycles. The fourth-order valence-electron chi connectivity index (χ4n) is 2.76. The van der Waals surface area contributed by atoms with Gasteiger partial charge in [0.2, 0.25) is 0 Å². The second kappa shape index (κ2) is 8.52. The molecule has 0 aliphatic rings. The molecule has 0 aliphatic heterocycles. The first kappa shape index (κ1) is 18.8. The Labute approximate surface area is 148 Å². The number of nitrogens with zero attached hydrogens (tertiary/aromatic N) is 1. The second-order valence-electron chi connectivity index (χ2n) is 5.94.